The van der Waals surface area contributed by atoms with E-state index in [1.165, 1.54) is 0 Å². The lowest BCUT2D eigenvalue weighted by Crippen LogP contribution is -2.46. The Hall–Kier alpha value is -4.64. The molecule has 0 aromatic heterocycles. The Kier molecular flexibility index (Phi) is 5.22. The number of ether oxygens (including phenoxy) is 2. The van der Waals surface area contributed by atoms with Crippen LogP contribution in [-0.4, -0.2) is 31.1 Å². The van der Waals surface area contributed by atoms with Crippen LogP contribution >= 0.6 is 0 Å². The SMILES string of the molecule is COc1ccc(C(=O)[C@H]2C(c3ccccc3OCC#N)=NO[C@@]23C(=O)Nc2ccccc23)cc1. The largest absolute Gasteiger partial charge is 0.497 e. The number of hydrogen-bond donors (Lipinski definition) is 1. The quantitative estimate of drug-likeness (QED) is 0.570. The fourth-order valence-corrected chi connectivity index (χ4v) is 4.40. The second-order valence-electron chi connectivity index (χ2n) is 7.77. The third-order valence-electron chi connectivity index (χ3n) is 5.97. The van der Waals surface area contributed by atoms with Gasteiger partial charge < -0.3 is 19.6 Å². The number of fused-ring (bicyclic) bond motifs is 2. The van der Waals surface area contributed by atoms with E-state index in [0.29, 0.717) is 33.9 Å². The first-order valence-corrected chi connectivity index (χ1v) is 10.5. The van der Waals surface area contributed by atoms with Crippen LogP contribution in [0.5, 0.6) is 11.5 Å². The summed E-state index contributed by atoms with van der Waals surface area (Å²) in [6.45, 7) is -0.184. The van der Waals surface area contributed by atoms with Crippen LogP contribution in [0, 0.1) is 17.2 Å². The van der Waals surface area contributed by atoms with Crippen molar-refractivity contribution in [3.8, 4) is 17.6 Å². The highest BCUT2D eigenvalue weighted by atomic mass is 16.7. The van der Waals surface area contributed by atoms with Crippen LogP contribution in [0.2, 0.25) is 0 Å². The normalized spacial score (nSPS) is 20.1. The number of anilines is 1. The maximum absolute atomic E-state index is 14.0. The molecule has 1 spiro atoms. The van der Waals surface area contributed by atoms with Crippen molar-refractivity contribution in [2.24, 2.45) is 11.1 Å². The zero-order valence-corrected chi connectivity index (χ0v) is 18.1. The van der Waals surface area contributed by atoms with Gasteiger partial charge in [0, 0.05) is 22.4 Å². The number of methoxy groups -OCH3 is 1. The average Bonchev–Trinajstić information content (AvgIpc) is 3.41. The maximum Gasteiger partial charge on any atom is 0.277 e. The van der Waals surface area contributed by atoms with E-state index in [2.05, 4.69) is 10.5 Å². The minimum Gasteiger partial charge on any atom is -0.497 e. The van der Waals surface area contributed by atoms with E-state index in [0.717, 1.165) is 0 Å². The van der Waals surface area contributed by atoms with E-state index in [4.69, 9.17) is 19.6 Å². The number of carbonyl (C=O) groups excluding carboxylic acids is 2. The van der Waals surface area contributed by atoms with Crippen LogP contribution in [0.1, 0.15) is 21.5 Å². The van der Waals surface area contributed by atoms with Gasteiger partial charge in [-0.15, -0.1) is 0 Å². The van der Waals surface area contributed by atoms with Crippen molar-refractivity contribution in [1.82, 2.24) is 0 Å². The number of nitrogens with one attached hydrogen (secondary N) is 1. The highest BCUT2D eigenvalue weighted by Crippen LogP contribution is 2.50. The van der Waals surface area contributed by atoms with E-state index in [1.807, 2.05) is 6.07 Å². The molecule has 2 aliphatic rings. The molecule has 8 heteroatoms. The molecule has 8 nitrogen and oxygen atoms in total. The summed E-state index contributed by atoms with van der Waals surface area (Å²) < 4.78 is 10.8. The molecule has 0 unspecified atom stereocenters. The van der Waals surface area contributed by atoms with Crippen molar-refractivity contribution in [3.05, 3.63) is 89.5 Å². The second-order valence-corrected chi connectivity index (χ2v) is 7.77. The van der Waals surface area contributed by atoms with Crippen LogP contribution in [0.4, 0.5) is 5.69 Å². The summed E-state index contributed by atoms with van der Waals surface area (Å²) in [7, 11) is 1.54. The molecule has 34 heavy (non-hydrogen) atoms. The van der Waals surface area contributed by atoms with Gasteiger partial charge in [-0.05, 0) is 42.5 Å². The number of ketones is 1. The van der Waals surface area contributed by atoms with Crippen LogP contribution in [-0.2, 0) is 15.2 Å². The maximum atomic E-state index is 14.0. The van der Waals surface area contributed by atoms with Gasteiger partial charge in [0.05, 0.1) is 7.11 Å². The predicted octanol–water partition coefficient (Wildman–Crippen LogP) is 3.68. The van der Waals surface area contributed by atoms with Gasteiger partial charge in [0.25, 0.3) is 11.5 Å². The molecule has 168 valence electrons. The van der Waals surface area contributed by atoms with Gasteiger partial charge in [-0.3, -0.25) is 9.59 Å². The zero-order valence-electron chi connectivity index (χ0n) is 18.1. The first kappa shape index (κ1) is 21.2. The molecule has 2 atom stereocenters. The van der Waals surface area contributed by atoms with Gasteiger partial charge >= 0.3 is 0 Å². The third-order valence-corrected chi connectivity index (χ3v) is 5.97. The minimum absolute atomic E-state index is 0.184. The van der Waals surface area contributed by atoms with Gasteiger partial charge in [0.2, 0.25) is 0 Å². The Morgan fingerprint density at radius 1 is 1.12 bits per heavy atom. The summed E-state index contributed by atoms with van der Waals surface area (Å²) >= 11 is 0. The Morgan fingerprint density at radius 3 is 2.62 bits per heavy atom. The van der Waals surface area contributed by atoms with E-state index in [-0.39, 0.29) is 18.1 Å². The topological polar surface area (TPSA) is 110 Å². The number of para-hydroxylation sites is 2. The Labute approximate surface area is 195 Å². The van der Waals surface area contributed by atoms with Gasteiger partial charge in [0.15, 0.2) is 12.4 Å². The molecule has 0 saturated carbocycles. The number of nitriles is 1. The van der Waals surface area contributed by atoms with E-state index < -0.39 is 17.4 Å². The first-order chi connectivity index (χ1) is 16.6. The van der Waals surface area contributed by atoms with Gasteiger partial charge in [-0.2, -0.15) is 5.26 Å². The number of amides is 1. The fraction of sp³-hybridized carbons (Fsp3) is 0.154. The van der Waals surface area contributed by atoms with Crippen molar-refractivity contribution < 1.29 is 23.9 Å². The van der Waals surface area contributed by atoms with Crippen molar-refractivity contribution in [2.75, 3.05) is 19.0 Å². The van der Waals surface area contributed by atoms with Crippen LogP contribution < -0.4 is 14.8 Å². The summed E-state index contributed by atoms with van der Waals surface area (Å²) in [5.74, 6) is -0.961. The van der Waals surface area contributed by atoms with Crippen molar-refractivity contribution in [2.45, 2.75) is 5.60 Å². The van der Waals surface area contributed by atoms with Crippen molar-refractivity contribution >= 4 is 23.1 Å². The molecule has 2 heterocycles. The Bertz CT molecular complexity index is 1360. The molecular weight excluding hydrogens is 434 g/mol. The lowest BCUT2D eigenvalue weighted by Gasteiger charge is -2.27. The molecular formula is C26H19N3O5. The van der Waals surface area contributed by atoms with Crippen LogP contribution in [0.3, 0.4) is 0 Å². The Morgan fingerprint density at radius 2 is 1.85 bits per heavy atom. The molecule has 3 aromatic rings. The van der Waals surface area contributed by atoms with Gasteiger partial charge in [-0.1, -0.05) is 35.5 Å². The number of Topliss-reactive ketones (excluding diaryl/α,β-unsaturated/α-hetero) is 1. The van der Waals surface area contributed by atoms with E-state index in [9.17, 15) is 9.59 Å². The number of benzene rings is 3. The molecule has 1 N–H and O–H groups in total. The van der Waals surface area contributed by atoms with E-state index in [1.54, 1.807) is 79.9 Å². The second kappa shape index (κ2) is 8.37. The van der Waals surface area contributed by atoms with Crippen molar-refractivity contribution in [1.29, 1.82) is 5.26 Å². The van der Waals surface area contributed by atoms with E-state index >= 15 is 0 Å². The molecule has 0 bridgehead atoms. The molecule has 5 rings (SSSR count). The lowest BCUT2D eigenvalue weighted by atomic mass is 9.74. The number of carbonyl (C=O) groups is 2. The van der Waals surface area contributed by atoms with Crippen LogP contribution in [0.15, 0.2) is 78.0 Å². The predicted molar refractivity (Wildman–Crippen MR) is 123 cm³/mol. The lowest BCUT2D eigenvalue weighted by molar-refractivity contribution is -0.140. The number of rotatable bonds is 6. The Balaban J connectivity index is 1.67. The average molecular weight is 453 g/mol. The highest BCUT2D eigenvalue weighted by molar-refractivity contribution is 6.25. The number of hydrogen-bond acceptors (Lipinski definition) is 7. The smallest absolute Gasteiger partial charge is 0.277 e. The summed E-state index contributed by atoms with van der Waals surface area (Å²) in [6.07, 6.45) is 0. The molecule has 0 fully saturated rings. The molecule has 0 aliphatic carbocycles. The van der Waals surface area contributed by atoms with Crippen molar-refractivity contribution in [3.63, 3.8) is 0 Å². The minimum atomic E-state index is -1.68. The zero-order chi connectivity index (χ0) is 23.7. The number of nitrogens with zero attached hydrogens (tertiary/aromatic N) is 2. The standard InChI is InChI=1S/C26H19N3O5/c1-32-17-12-10-16(11-13-17)24(30)22-23(18-6-2-5-9-21(18)33-15-14-27)29-34-26(22)19-7-3-4-8-20(19)28-25(26)31/h2-13,22H,15H2,1H3,(H,28,31)/t22-,26-/m1/s1. The highest BCUT2D eigenvalue weighted by Gasteiger charge is 2.63. The summed E-state index contributed by atoms with van der Waals surface area (Å²) in [5.41, 5.74) is 0.507. The summed E-state index contributed by atoms with van der Waals surface area (Å²) in [6, 6.07) is 22.6. The monoisotopic (exact) mass is 453 g/mol. The van der Waals surface area contributed by atoms with Gasteiger partial charge in [0.1, 0.15) is 29.2 Å². The van der Waals surface area contributed by atoms with Gasteiger partial charge in [-0.25, -0.2) is 0 Å². The first-order valence-electron chi connectivity index (χ1n) is 10.5. The summed E-state index contributed by atoms with van der Waals surface area (Å²) in [5, 5.41) is 16.1. The molecule has 1 amide bonds. The third kappa shape index (κ3) is 3.18. The molecule has 0 radical (unpaired) electrons. The number of oxime groups is 1. The molecule has 0 saturated heterocycles. The molecule has 3 aromatic carbocycles. The summed E-state index contributed by atoms with van der Waals surface area (Å²) in [4.78, 5) is 33.3. The fourth-order valence-electron chi connectivity index (χ4n) is 4.40. The van der Waals surface area contributed by atoms with Crippen LogP contribution in [0.25, 0.3) is 0 Å². The molecule has 2 aliphatic heterocycles.